The van der Waals surface area contributed by atoms with Gasteiger partial charge in [0.05, 0.1) is 12.6 Å². The standard InChI is InChI=1S/C12H21N3O2/c1-9-4-5-13-11(9)12(17)14-8-10(16)15-6-2-3-7-15/h9,11,13H,2-8H2,1H3,(H,14,17). The summed E-state index contributed by atoms with van der Waals surface area (Å²) in [5.41, 5.74) is 0. The van der Waals surface area contributed by atoms with Crippen LogP contribution in [0, 0.1) is 5.92 Å². The van der Waals surface area contributed by atoms with E-state index in [1.54, 1.807) is 0 Å². The number of hydrogen-bond acceptors (Lipinski definition) is 3. The smallest absolute Gasteiger partial charge is 0.241 e. The van der Waals surface area contributed by atoms with E-state index in [4.69, 9.17) is 0 Å². The molecule has 2 fully saturated rings. The Labute approximate surface area is 102 Å². The third kappa shape index (κ3) is 2.97. The molecule has 2 N–H and O–H groups in total. The molecule has 96 valence electrons. The lowest BCUT2D eigenvalue weighted by Crippen LogP contribution is -2.47. The average Bonchev–Trinajstić information content (AvgIpc) is 2.95. The van der Waals surface area contributed by atoms with Gasteiger partial charge in [0.1, 0.15) is 0 Å². The highest BCUT2D eigenvalue weighted by atomic mass is 16.2. The number of nitrogens with zero attached hydrogens (tertiary/aromatic N) is 1. The molecule has 0 aliphatic carbocycles. The summed E-state index contributed by atoms with van der Waals surface area (Å²) in [5, 5.41) is 5.90. The average molecular weight is 239 g/mol. The molecule has 0 bridgehead atoms. The summed E-state index contributed by atoms with van der Waals surface area (Å²) >= 11 is 0. The molecule has 2 unspecified atom stereocenters. The van der Waals surface area contributed by atoms with E-state index < -0.39 is 0 Å². The first kappa shape index (κ1) is 12.4. The van der Waals surface area contributed by atoms with Gasteiger partial charge in [0, 0.05) is 13.1 Å². The second kappa shape index (κ2) is 5.49. The Morgan fingerprint density at radius 2 is 2.06 bits per heavy atom. The van der Waals surface area contributed by atoms with E-state index in [2.05, 4.69) is 17.6 Å². The highest BCUT2D eigenvalue weighted by Gasteiger charge is 2.29. The fourth-order valence-corrected chi connectivity index (χ4v) is 2.54. The lowest BCUT2D eigenvalue weighted by molar-refractivity contribution is -0.132. The molecule has 2 atom stereocenters. The summed E-state index contributed by atoms with van der Waals surface area (Å²) in [6.45, 7) is 4.77. The summed E-state index contributed by atoms with van der Waals surface area (Å²) in [7, 11) is 0. The molecule has 5 heteroatoms. The molecule has 0 saturated carbocycles. The molecule has 2 rings (SSSR count). The number of nitrogens with one attached hydrogen (secondary N) is 2. The van der Waals surface area contributed by atoms with E-state index in [0.29, 0.717) is 5.92 Å². The quantitative estimate of drug-likeness (QED) is 0.712. The zero-order chi connectivity index (χ0) is 12.3. The van der Waals surface area contributed by atoms with Crippen molar-refractivity contribution in [1.82, 2.24) is 15.5 Å². The predicted octanol–water partition coefficient (Wildman–Crippen LogP) is -0.277. The molecule has 2 heterocycles. The molecule has 0 aromatic rings. The number of hydrogen-bond donors (Lipinski definition) is 2. The summed E-state index contributed by atoms with van der Waals surface area (Å²) in [6.07, 6.45) is 3.19. The van der Waals surface area contributed by atoms with E-state index in [1.807, 2.05) is 4.90 Å². The van der Waals surface area contributed by atoms with Gasteiger partial charge < -0.3 is 15.5 Å². The van der Waals surface area contributed by atoms with Crippen LogP contribution in [-0.2, 0) is 9.59 Å². The van der Waals surface area contributed by atoms with Crippen molar-refractivity contribution in [3.05, 3.63) is 0 Å². The number of likely N-dealkylation sites (tertiary alicyclic amines) is 1. The highest BCUT2D eigenvalue weighted by molar-refractivity contribution is 5.87. The lowest BCUT2D eigenvalue weighted by atomic mass is 10.0. The summed E-state index contributed by atoms with van der Waals surface area (Å²) in [5.74, 6) is 0.362. The Morgan fingerprint density at radius 1 is 1.35 bits per heavy atom. The van der Waals surface area contributed by atoms with Crippen LogP contribution in [0.3, 0.4) is 0 Å². The second-order valence-corrected chi connectivity index (χ2v) is 5.00. The van der Waals surface area contributed by atoms with Crippen LogP contribution in [-0.4, -0.2) is 48.9 Å². The van der Waals surface area contributed by atoms with E-state index in [-0.39, 0.29) is 24.4 Å². The molecule has 0 radical (unpaired) electrons. The van der Waals surface area contributed by atoms with Crippen LogP contribution in [0.1, 0.15) is 26.2 Å². The van der Waals surface area contributed by atoms with Crippen molar-refractivity contribution in [2.75, 3.05) is 26.2 Å². The van der Waals surface area contributed by atoms with Gasteiger partial charge in [-0.15, -0.1) is 0 Å². The van der Waals surface area contributed by atoms with Crippen LogP contribution < -0.4 is 10.6 Å². The van der Waals surface area contributed by atoms with Crippen molar-refractivity contribution in [3.63, 3.8) is 0 Å². The monoisotopic (exact) mass is 239 g/mol. The molecule has 0 aromatic carbocycles. The van der Waals surface area contributed by atoms with Gasteiger partial charge in [-0.05, 0) is 31.7 Å². The van der Waals surface area contributed by atoms with Gasteiger partial charge in [-0.2, -0.15) is 0 Å². The third-order valence-electron chi connectivity index (χ3n) is 3.69. The second-order valence-electron chi connectivity index (χ2n) is 5.00. The molecule has 5 nitrogen and oxygen atoms in total. The van der Waals surface area contributed by atoms with Crippen molar-refractivity contribution >= 4 is 11.8 Å². The minimum Gasteiger partial charge on any atom is -0.346 e. The maximum Gasteiger partial charge on any atom is 0.241 e. The maximum absolute atomic E-state index is 11.8. The predicted molar refractivity (Wildman–Crippen MR) is 64.4 cm³/mol. The van der Waals surface area contributed by atoms with Crippen LogP contribution >= 0.6 is 0 Å². The van der Waals surface area contributed by atoms with Gasteiger partial charge in [0.15, 0.2) is 0 Å². The van der Waals surface area contributed by atoms with Crippen LogP contribution in [0.25, 0.3) is 0 Å². The summed E-state index contributed by atoms with van der Waals surface area (Å²) < 4.78 is 0. The van der Waals surface area contributed by atoms with Crippen LogP contribution in [0.5, 0.6) is 0 Å². The van der Waals surface area contributed by atoms with Gasteiger partial charge in [-0.3, -0.25) is 9.59 Å². The Hall–Kier alpha value is -1.10. The first-order chi connectivity index (χ1) is 8.18. The molecule has 17 heavy (non-hydrogen) atoms. The van der Waals surface area contributed by atoms with Gasteiger partial charge >= 0.3 is 0 Å². The Bertz CT molecular complexity index is 300. The summed E-state index contributed by atoms with van der Waals surface area (Å²) in [4.78, 5) is 25.4. The first-order valence-corrected chi connectivity index (χ1v) is 6.47. The highest BCUT2D eigenvalue weighted by Crippen LogP contribution is 2.14. The van der Waals surface area contributed by atoms with Gasteiger partial charge in [0.2, 0.25) is 11.8 Å². The normalized spacial score (nSPS) is 28.4. The lowest BCUT2D eigenvalue weighted by Gasteiger charge is -2.18. The summed E-state index contributed by atoms with van der Waals surface area (Å²) in [6, 6.07) is -0.124. The zero-order valence-corrected chi connectivity index (χ0v) is 10.4. The number of amides is 2. The van der Waals surface area contributed by atoms with Crippen molar-refractivity contribution in [1.29, 1.82) is 0 Å². The van der Waals surface area contributed by atoms with Crippen LogP contribution in [0.15, 0.2) is 0 Å². The van der Waals surface area contributed by atoms with Crippen molar-refractivity contribution in [2.24, 2.45) is 5.92 Å². The van der Waals surface area contributed by atoms with Gasteiger partial charge in [0.25, 0.3) is 0 Å². The fourth-order valence-electron chi connectivity index (χ4n) is 2.54. The van der Waals surface area contributed by atoms with E-state index in [0.717, 1.165) is 38.9 Å². The van der Waals surface area contributed by atoms with Gasteiger partial charge in [-0.1, -0.05) is 6.92 Å². The number of rotatable bonds is 3. The number of carbonyl (C=O) groups is 2. The third-order valence-corrected chi connectivity index (χ3v) is 3.69. The van der Waals surface area contributed by atoms with E-state index in [1.165, 1.54) is 0 Å². The Balaban J connectivity index is 1.73. The molecule has 0 spiro atoms. The van der Waals surface area contributed by atoms with Crippen molar-refractivity contribution < 1.29 is 9.59 Å². The SMILES string of the molecule is CC1CCNC1C(=O)NCC(=O)N1CCCC1. The Kier molecular flexibility index (Phi) is 3.99. The van der Waals surface area contributed by atoms with Crippen molar-refractivity contribution in [2.45, 2.75) is 32.2 Å². The fraction of sp³-hybridized carbons (Fsp3) is 0.833. The largest absolute Gasteiger partial charge is 0.346 e. The molecular formula is C12H21N3O2. The van der Waals surface area contributed by atoms with Crippen molar-refractivity contribution in [3.8, 4) is 0 Å². The molecule has 2 aliphatic heterocycles. The van der Waals surface area contributed by atoms with Gasteiger partial charge in [-0.25, -0.2) is 0 Å². The van der Waals surface area contributed by atoms with Crippen LogP contribution in [0.2, 0.25) is 0 Å². The maximum atomic E-state index is 11.8. The number of carbonyl (C=O) groups excluding carboxylic acids is 2. The van der Waals surface area contributed by atoms with E-state index in [9.17, 15) is 9.59 Å². The minimum absolute atomic E-state index is 0.0393. The minimum atomic E-state index is -0.124. The Morgan fingerprint density at radius 3 is 2.65 bits per heavy atom. The molecule has 2 aliphatic rings. The zero-order valence-electron chi connectivity index (χ0n) is 10.4. The molecule has 2 amide bonds. The topological polar surface area (TPSA) is 61.4 Å². The van der Waals surface area contributed by atoms with Crippen LogP contribution in [0.4, 0.5) is 0 Å². The first-order valence-electron chi connectivity index (χ1n) is 6.47. The molecular weight excluding hydrogens is 218 g/mol. The molecule has 2 saturated heterocycles. The molecule has 0 aromatic heterocycles. The van der Waals surface area contributed by atoms with E-state index >= 15 is 0 Å².